The molecule has 0 spiro atoms. The number of fused-ring (bicyclic) bond motifs is 1. The van der Waals surface area contributed by atoms with Gasteiger partial charge in [-0.2, -0.15) is 5.10 Å². The van der Waals surface area contributed by atoms with Crippen molar-refractivity contribution in [1.29, 1.82) is 0 Å². The molecule has 1 aliphatic rings. The van der Waals surface area contributed by atoms with Gasteiger partial charge in [-0.1, -0.05) is 6.07 Å². The van der Waals surface area contributed by atoms with Gasteiger partial charge in [0.1, 0.15) is 0 Å². The van der Waals surface area contributed by atoms with Crippen molar-refractivity contribution in [2.24, 2.45) is 7.05 Å². The number of aryl methyl sites for hydroxylation is 1. The van der Waals surface area contributed by atoms with E-state index in [1.165, 1.54) is 22.9 Å². The summed E-state index contributed by atoms with van der Waals surface area (Å²) in [5.41, 5.74) is 1.88. The molecule has 2 heterocycles. The Morgan fingerprint density at radius 3 is 2.70 bits per heavy atom. The first-order chi connectivity index (χ1) is 9.38. The number of hydrogen-bond acceptors (Lipinski definition) is 4. The van der Waals surface area contributed by atoms with Crippen LogP contribution in [0.3, 0.4) is 0 Å². The first-order valence-electron chi connectivity index (χ1n) is 5.73. The molecule has 0 radical (unpaired) electrons. The molecule has 0 bridgehead atoms. The standard InChI is InChI=1S/C13H10N2O4S/c1-15-11(7-10(14-15)13(16)17)8-2-3-12-9(6-8)4-5-20(12,18)19/h2-7H,1H3,(H,16,17). The number of sulfone groups is 1. The van der Waals surface area contributed by atoms with Gasteiger partial charge < -0.3 is 5.11 Å². The number of rotatable bonds is 2. The van der Waals surface area contributed by atoms with Gasteiger partial charge in [0.15, 0.2) is 15.5 Å². The Kier molecular flexibility index (Phi) is 2.55. The molecule has 1 N–H and O–H groups in total. The van der Waals surface area contributed by atoms with Crippen LogP contribution in [0.1, 0.15) is 16.1 Å². The van der Waals surface area contributed by atoms with E-state index in [9.17, 15) is 13.2 Å². The van der Waals surface area contributed by atoms with Crippen molar-refractivity contribution in [3.63, 3.8) is 0 Å². The van der Waals surface area contributed by atoms with Crippen LogP contribution in [0.25, 0.3) is 17.3 Å². The minimum absolute atomic E-state index is 0.0498. The first-order valence-corrected chi connectivity index (χ1v) is 7.28. The van der Waals surface area contributed by atoms with Gasteiger partial charge in [-0.25, -0.2) is 13.2 Å². The maximum Gasteiger partial charge on any atom is 0.356 e. The third kappa shape index (κ3) is 1.83. The molecule has 0 fully saturated rings. The van der Waals surface area contributed by atoms with Crippen LogP contribution in [-0.4, -0.2) is 29.3 Å². The average molecular weight is 290 g/mol. The highest BCUT2D eigenvalue weighted by Crippen LogP contribution is 2.31. The van der Waals surface area contributed by atoms with Gasteiger partial charge >= 0.3 is 5.97 Å². The molecule has 102 valence electrons. The minimum atomic E-state index is -3.32. The van der Waals surface area contributed by atoms with Crippen molar-refractivity contribution >= 4 is 21.9 Å². The fourth-order valence-electron chi connectivity index (χ4n) is 2.18. The molecule has 0 atom stereocenters. The Labute approximate surface area is 114 Å². The van der Waals surface area contributed by atoms with Gasteiger partial charge in [0.25, 0.3) is 0 Å². The highest BCUT2D eigenvalue weighted by Gasteiger charge is 2.21. The van der Waals surface area contributed by atoms with Crippen molar-refractivity contribution in [3.05, 3.63) is 40.9 Å². The van der Waals surface area contributed by atoms with E-state index in [0.29, 0.717) is 16.8 Å². The number of hydrogen-bond donors (Lipinski definition) is 1. The second-order valence-electron chi connectivity index (χ2n) is 4.44. The van der Waals surface area contributed by atoms with Crippen LogP contribution in [0.2, 0.25) is 0 Å². The molecule has 6 nitrogen and oxygen atoms in total. The summed E-state index contributed by atoms with van der Waals surface area (Å²) in [5.74, 6) is -1.10. The summed E-state index contributed by atoms with van der Waals surface area (Å²) >= 11 is 0. The number of aromatic carboxylic acids is 1. The molecule has 0 unspecified atom stereocenters. The van der Waals surface area contributed by atoms with Crippen molar-refractivity contribution < 1.29 is 18.3 Å². The number of carboxylic acids is 1. The van der Waals surface area contributed by atoms with Gasteiger partial charge in [0.2, 0.25) is 0 Å². The lowest BCUT2D eigenvalue weighted by molar-refractivity contribution is 0.0689. The Hall–Kier alpha value is -2.41. The smallest absolute Gasteiger partial charge is 0.356 e. The molecular weight excluding hydrogens is 280 g/mol. The number of nitrogens with zero attached hydrogens (tertiary/aromatic N) is 2. The molecule has 1 aromatic carbocycles. The minimum Gasteiger partial charge on any atom is -0.476 e. The van der Waals surface area contributed by atoms with Crippen molar-refractivity contribution in [2.45, 2.75) is 4.90 Å². The predicted molar refractivity (Wildman–Crippen MR) is 71.8 cm³/mol. The van der Waals surface area contributed by atoms with E-state index in [0.717, 1.165) is 5.41 Å². The van der Waals surface area contributed by atoms with Crippen molar-refractivity contribution in [3.8, 4) is 11.3 Å². The molecule has 0 aliphatic carbocycles. The molecule has 3 rings (SSSR count). The van der Waals surface area contributed by atoms with Crippen LogP contribution in [0, 0.1) is 0 Å². The number of aromatic nitrogens is 2. The molecule has 2 aromatic rings. The zero-order chi connectivity index (χ0) is 14.5. The Balaban J connectivity index is 2.14. The van der Waals surface area contributed by atoms with E-state index < -0.39 is 15.8 Å². The largest absolute Gasteiger partial charge is 0.476 e. The molecule has 1 aliphatic heterocycles. The normalized spacial score (nSPS) is 15.2. The van der Waals surface area contributed by atoms with E-state index in [2.05, 4.69) is 5.10 Å². The van der Waals surface area contributed by atoms with Gasteiger partial charge in [0, 0.05) is 18.0 Å². The molecule has 0 saturated carbocycles. The van der Waals surface area contributed by atoms with Gasteiger partial charge in [-0.05, 0) is 29.8 Å². The zero-order valence-corrected chi connectivity index (χ0v) is 11.3. The van der Waals surface area contributed by atoms with E-state index in [1.54, 1.807) is 19.2 Å². The molecule has 20 heavy (non-hydrogen) atoms. The molecule has 0 amide bonds. The quantitative estimate of drug-likeness (QED) is 0.906. The molecule has 0 saturated heterocycles. The van der Waals surface area contributed by atoms with Crippen molar-refractivity contribution in [2.75, 3.05) is 0 Å². The average Bonchev–Trinajstić information content (AvgIpc) is 2.91. The van der Waals surface area contributed by atoms with Crippen LogP contribution < -0.4 is 0 Å². The lowest BCUT2D eigenvalue weighted by Crippen LogP contribution is -1.99. The van der Waals surface area contributed by atoms with Gasteiger partial charge in [-0.3, -0.25) is 4.68 Å². The second-order valence-corrected chi connectivity index (χ2v) is 6.25. The van der Waals surface area contributed by atoms with Crippen molar-refractivity contribution in [1.82, 2.24) is 9.78 Å². The Morgan fingerprint density at radius 2 is 2.05 bits per heavy atom. The van der Waals surface area contributed by atoms with Crippen LogP contribution in [0.5, 0.6) is 0 Å². The van der Waals surface area contributed by atoms with Crippen LogP contribution in [-0.2, 0) is 16.9 Å². The summed E-state index contributed by atoms with van der Waals surface area (Å²) in [4.78, 5) is 11.2. The first kappa shape index (κ1) is 12.6. The van der Waals surface area contributed by atoms with Crippen LogP contribution in [0.4, 0.5) is 0 Å². The number of carboxylic acid groups (broad SMARTS) is 1. The monoisotopic (exact) mass is 290 g/mol. The predicted octanol–water partition coefficient (Wildman–Crippen LogP) is 1.54. The highest BCUT2D eigenvalue weighted by atomic mass is 32.2. The fourth-order valence-corrected chi connectivity index (χ4v) is 3.36. The molecular formula is C13H10N2O4S. The lowest BCUT2D eigenvalue weighted by atomic mass is 10.1. The SMILES string of the molecule is Cn1nc(C(=O)O)cc1-c1ccc2c(c1)C=CS2(=O)=O. The van der Waals surface area contributed by atoms with E-state index in [4.69, 9.17) is 5.11 Å². The third-order valence-corrected chi connectivity index (χ3v) is 4.62. The third-order valence-electron chi connectivity index (χ3n) is 3.14. The summed E-state index contributed by atoms with van der Waals surface area (Å²) in [6, 6.07) is 6.33. The summed E-state index contributed by atoms with van der Waals surface area (Å²) < 4.78 is 24.8. The summed E-state index contributed by atoms with van der Waals surface area (Å²) in [7, 11) is -1.68. The zero-order valence-electron chi connectivity index (χ0n) is 10.4. The van der Waals surface area contributed by atoms with Crippen LogP contribution >= 0.6 is 0 Å². The molecule has 7 heteroatoms. The highest BCUT2D eigenvalue weighted by molar-refractivity contribution is 7.94. The maximum absolute atomic E-state index is 11.7. The van der Waals surface area contributed by atoms with Gasteiger partial charge in [-0.15, -0.1) is 0 Å². The Bertz CT molecular complexity index is 862. The Morgan fingerprint density at radius 1 is 1.30 bits per heavy atom. The topological polar surface area (TPSA) is 89.3 Å². The fraction of sp³-hybridized carbons (Fsp3) is 0.0769. The molecule has 1 aromatic heterocycles. The van der Waals surface area contributed by atoms with E-state index in [1.807, 2.05) is 0 Å². The summed E-state index contributed by atoms with van der Waals surface area (Å²) in [6.07, 6.45) is 1.53. The van der Waals surface area contributed by atoms with E-state index >= 15 is 0 Å². The van der Waals surface area contributed by atoms with Crippen LogP contribution in [0.15, 0.2) is 34.6 Å². The maximum atomic E-state index is 11.7. The lowest BCUT2D eigenvalue weighted by Gasteiger charge is -2.04. The number of carbonyl (C=O) groups is 1. The summed E-state index contributed by atoms with van der Waals surface area (Å²) in [5, 5.41) is 14.0. The number of benzene rings is 1. The van der Waals surface area contributed by atoms with E-state index in [-0.39, 0.29) is 10.6 Å². The summed E-state index contributed by atoms with van der Waals surface area (Å²) in [6.45, 7) is 0. The second kappa shape index (κ2) is 4.04. The van der Waals surface area contributed by atoms with Gasteiger partial charge in [0.05, 0.1) is 10.6 Å².